The molecule has 0 aliphatic heterocycles. The number of H-pyrrole nitrogens is 1. The van der Waals surface area contributed by atoms with E-state index in [9.17, 15) is 13.5 Å². The number of fused-ring (bicyclic) bond motifs is 1. The summed E-state index contributed by atoms with van der Waals surface area (Å²) in [5, 5.41) is 10.5. The highest BCUT2D eigenvalue weighted by Gasteiger charge is 2.26. The van der Waals surface area contributed by atoms with Crippen LogP contribution in [0.3, 0.4) is 0 Å². The van der Waals surface area contributed by atoms with Gasteiger partial charge >= 0.3 is 0 Å². The average Bonchev–Trinajstić information content (AvgIpc) is 3.45. The highest BCUT2D eigenvalue weighted by Crippen LogP contribution is 2.41. The van der Waals surface area contributed by atoms with Gasteiger partial charge in [-0.15, -0.1) is 0 Å². The van der Waals surface area contributed by atoms with E-state index >= 15 is 0 Å². The molecule has 1 fully saturated rings. The molecule has 1 atom stereocenters. The van der Waals surface area contributed by atoms with E-state index in [1.807, 2.05) is 32.0 Å². The topological polar surface area (TPSA) is 95.1 Å². The van der Waals surface area contributed by atoms with Crippen molar-refractivity contribution >= 4 is 21.1 Å². The highest BCUT2D eigenvalue weighted by molar-refractivity contribution is 7.89. The first-order chi connectivity index (χ1) is 13.9. The summed E-state index contributed by atoms with van der Waals surface area (Å²) >= 11 is 0. The first-order valence-electron chi connectivity index (χ1n) is 10.1. The molecule has 0 amide bonds. The summed E-state index contributed by atoms with van der Waals surface area (Å²) < 4.78 is 28.0. The van der Waals surface area contributed by atoms with Crippen LogP contribution in [-0.2, 0) is 10.0 Å². The maximum atomic E-state index is 12.7. The fourth-order valence-electron chi connectivity index (χ4n) is 3.74. The van der Waals surface area contributed by atoms with Crippen molar-refractivity contribution < 1.29 is 13.5 Å². The molecule has 3 aromatic rings. The van der Waals surface area contributed by atoms with E-state index in [-0.39, 0.29) is 17.4 Å². The Hall–Kier alpha value is -2.22. The van der Waals surface area contributed by atoms with Crippen molar-refractivity contribution in [2.24, 2.45) is 5.92 Å². The number of aromatic amines is 1. The number of aliphatic hydroxyl groups excluding tert-OH is 1. The standard InChI is InChI=1S/C22H27N3O3S/c1-14(2)11-17(13-26)25-29(27,28)18-7-5-15(6-8-18)19-9-10-23-22-20(19)12-21(24-22)16-3-4-16/h5-10,12,14,16-17,25-26H,3-4,11,13H2,1-2H3,(H,23,24)/t17-/m0/s1. The zero-order chi connectivity index (χ0) is 20.6. The molecular formula is C22H27N3O3S. The van der Waals surface area contributed by atoms with Crippen molar-refractivity contribution in [1.82, 2.24) is 14.7 Å². The number of hydrogen-bond donors (Lipinski definition) is 3. The Bertz CT molecular complexity index is 1100. The molecule has 6 nitrogen and oxygen atoms in total. The van der Waals surface area contributed by atoms with E-state index < -0.39 is 16.1 Å². The Kier molecular flexibility index (Phi) is 5.46. The second-order valence-electron chi connectivity index (χ2n) is 8.27. The minimum Gasteiger partial charge on any atom is -0.395 e. The molecule has 0 radical (unpaired) electrons. The molecule has 3 N–H and O–H groups in total. The molecule has 154 valence electrons. The van der Waals surface area contributed by atoms with Gasteiger partial charge in [-0.25, -0.2) is 18.1 Å². The number of benzene rings is 1. The minimum atomic E-state index is -3.69. The number of aromatic nitrogens is 2. The quantitative estimate of drug-likeness (QED) is 0.524. The van der Waals surface area contributed by atoms with Gasteiger partial charge in [-0.2, -0.15) is 0 Å². The van der Waals surface area contributed by atoms with Gasteiger partial charge in [-0.3, -0.25) is 0 Å². The van der Waals surface area contributed by atoms with Crippen LogP contribution in [0.4, 0.5) is 0 Å². The largest absolute Gasteiger partial charge is 0.395 e. The Morgan fingerprint density at radius 2 is 1.93 bits per heavy atom. The van der Waals surface area contributed by atoms with Gasteiger partial charge in [-0.05, 0) is 66.5 Å². The van der Waals surface area contributed by atoms with Crippen molar-refractivity contribution in [3.63, 3.8) is 0 Å². The van der Waals surface area contributed by atoms with E-state index in [0.717, 1.165) is 22.2 Å². The van der Waals surface area contributed by atoms with Crippen molar-refractivity contribution in [2.75, 3.05) is 6.61 Å². The van der Waals surface area contributed by atoms with Crippen LogP contribution in [0.15, 0.2) is 47.5 Å². The number of aliphatic hydroxyl groups is 1. The molecule has 0 unspecified atom stereocenters. The van der Waals surface area contributed by atoms with Gasteiger partial charge < -0.3 is 10.1 Å². The molecule has 7 heteroatoms. The summed E-state index contributed by atoms with van der Waals surface area (Å²) in [6.45, 7) is 3.77. The normalized spacial score (nSPS) is 15.9. The predicted octanol–water partition coefficient (Wildman–Crippen LogP) is 3.79. The summed E-state index contributed by atoms with van der Waals surface area (Å²) in [6, 6.07) is 10.5. The molecule has 1 aromatic carbocycles. The summed E-state index contributed by atoms with van der Waals surface area (Å²) in [5.74, 6) is 0.897. The van der Waals surface area contributed by atoms with Crippen LogP contribution in [0.2, 0.25) is 0 Å². The van der Waals surface area contributed by atoms with E-state index in [0.29, 0.717) is 12.3 Å². The van der Waals surface area contributed by atoms with Gasteiger partial charge in [0.1, 0.15) is 5.65 Å². The van der Waals surface area contributed by atoms with Gasteiger partial charge in [0.2, 0.25) is 10.0 Å². The number of rotatable bonds is 8. The van der Waals surface area contributed by atoms with Crippen LogP contribution in [-0.4, -0.2) is 36.1 Å². The summed E-state index contributed by atoms with van der Waals surface area (Å²) in [6.07, 6.45) is 4.79. The predicted molar refractivity (Wildman–Crippen MR) is 114 cm³/mol. The lowest BCUT2D eigenvalue weighted by Crippen LogP contribution is -2.38. The monoisotopic (exact) mass is 413 g/mol. The Morgan fingerprint density at radius 1 is 1.21 bits per heavy atom. The van der Waals surface area contributed by atoms with Crippen LogP contribution < -0.4 is 4.72 Å². The SMILES string of the molecule is CC(C)C[C@@H](CO)NS(=O)(=O)c1ccc(-c2ccnc3[nH]c(C4CC4)cc23)cc1. The molecule has 1 saturated carbocycles. The molecule has 29 heavy (non-hydrogen) atoms. The highest BCUT2D eigenvalue weighted by atomic mass is 32.2. The Morgan fingerprint density at radius 3 is 2.55 bits per heavy atom. The molecule has 4 rings (SSSR count). The first-order valence-corrected chi connectivity index (χ1v) is 11.6. The van der Waals surface area contributed by atoms with Gasteiger partial charge in [0.05, 0.1) is 11.5 Å². The average molecular weight is 414 g/mol. The molecule has 1 aliphatic rings. The number of sulfonamides is 1. The zero-order valence-corrected chi connectivity index (χ0v) is 17.5. The number of pyridine rings is 1. The lowest BCUT2D eigenvalue weighted by Gasteiger charge is -2.18. The fraction of sp³-hybridized carbons (Fsp3) is 0.409. The second-order valence-corrected chi connectivity index (χ2v) is 9.99. The molecule has 0 bridgehead atoms. The lowest BCUT2D eigenvalue weighted by molar-refractivity contribution is 0.240. The van der Waals surface area contributed by atoms with Crippen molar-refractivity contribution in [2.45, 2.75) is 50.0 Å². The molecular weight excluding hydrogens is 386 g/mol. The molecule has 1 aliphatic carbocycles. The third kappa shape index (κ3) is 4.37. The Labute approximate surface area is 171 Å². The van der Waals surface area contributed by atoms with Gasteiger partial charge in [0.15, 0.2) is 0 Å². The smallest absolute Gasteiger partial charge is 0.240 e. The van der Waals surface area contributed by atoms with E-state index in [1.165, 1.54) is 18.5 Å². The Balaban J connectivity index is 1.60. The third-order valence-electron chi connectivity index (χ3n) is 5.34. The van der Waals surface area contributed by atoms with E-state index in [2.05, 4.69) is 20.8 Å². The lowest BCUT2D eigenvalue weighted by atomic mass is 10.0. The zero-order valence-electron chi connectivity index (χ0n) is 16.7. The maximum Gasteiger partial charge on any atom is 0.240 e. The summed E-state index contributed by atoms with van der Waals surface area (Å²) in [5.41, 5.74) is 4.06. The maximum absolute atomic E-state index is 12.7. The third-order valence-corrected chi connectivity index (χ3v) is 6.88. The molecule has 2 aromatic heterocycles. The van der Waals surface area contributed by atoms with E-state index in [1.54, 1.807) is 18.3 Å². The van der Waals surface area contributed by atoms with Crippen LogP contribution in [0.5, 0.6) is 0 Å². The fourth-order valence-corrected chi connectivity index (χ4v) is 4.98. The van der Waals surface area contributed by atoms with Crippen LogP contribution >= 0.6 is 0 Å². The van der Waals surface area contributed by atoms with Gasteiger partial charge in [0.25, 0.3) is 0 Å². The molecule has 0 spiro atoms. The summed E-state index contributed by atoms with van der Waals surface area (Å²) in [4.78, 5) is 8.04. The van der Waals surface area contributed by atoms with Crippen LogP contribution in [0.25, 0.3) is 22.2 Å². The van der Waals surface area contributed by atoms with Crippen LogP contribution in [0.1, 0.15) is 44.7 Å². The van der Waals surface area contributed by atoms with E-state index in [4.69, 9.17) is 0 Å². The first kappa shape index (κ1) is 20.1. The van der Waals surface area contributed by atoms with Crippen LogP contribution in [0, 0.1) is 5.92 Å². The van der Waals surface area contributed by atoms with Crippen molar-refractivity contribution in [3.05, 3.63) is 48.3 Å². The van der Waals surface area contributed by atoms with Crippen molar-refractivity contribution in [1.29, 1.82) is 0 Å². The van der Waals surface area contributed by atoms with Crippen molar-refractivity contribution in [3.8, 4) is 11.1 Å². The number of nitrogens with one attached hydrogen (secondary N) is 2. The van der Waals surface area contributed by atoms with Gasteiger partial charge in [-0.1, -0.05) is 26.0 Å². The second kappa shape index (κ2) is 7.89. The molecule has 2 heterocycles. The number of nitrogens with zero attached hydrogens (tertiary/aromatic N) is 1. The van der Waals surface area contributed by atoms with Gasteiger partial charge in [0, 0.05) is 23.3 Å². The molecule has 0 saturated heterocycles. The summed E-state index contributed by atoms with van der Waals surface area (Å²) in [7, 11) is -3.69. The minimum absolute atomic E-state index is 0.196. The number of hydrogen-bond acceptors (Lipinski definition) is 4.